The number of fused-ring (bicyclic) bond motifs is 1. The van der Waals surface area contributed by atoms with Crippen LogP contribution in [0.3, 0.4) is 0 Å². The molecule has 2 N–H and O–H groups in total. The Morgan fingerprint density at radius 1 is 1.22 bits per heavy atom. The van der Waals surface area contributed by atoms with E-state index in [0.29, 0.717) is 29.5 Å². The van der Waals surface area contributed by atoms with Gasteiger partial charge in [-0.1, -0.05) is 12.1 Å². The molecule has 1 aliphatic rings. The number of nitrogens with zero attached hydrogens (tertiary/aromatic N) is 3. The number of benzene rings is 1. The Bertz CT molecular complexity index is 980. The van der Waals surface area contributed by atoms with Gasteiger partial charge in [-0.15, -0.1) is 10.2 Å². The quantitative estimate of drug-likeness (QED) is 0.658. The molecular weight excluding hydrogens is 346 g/mol. The minimum Gasteiger partial charge on any atom is -0.484 e. The fraction of sp³-hybridized carbons (Fsp3) is 0.263. The van der Waals surface area contributed by atoms with E-state index in [1.165, 1.54) is 0 Å². The van der Waals surface area contributed by atoms with Gasteiger partial charge in [0.15, 0.2) is 12.3 Å². The van der Waals surface area contributed by atoms with Crippen molar-refractivity contribution in [1.29, 1.82) is 0 Å². The molecule has 2 aromatic heterocycles. The molecule has 2 amide bonds. The molecule has 1 fully saturated rings. The standard InChI is InChI=1S/C19H19N5O3/c25-18(22-15-5-6-15)11-27-16-3-1-2-13(8-16)9-20-19(26)14-4-7-17-23-21-12-24(17)10-14/h1-4,7-8,10,12,15H,5-6,9,11H2,(H,20,26)(H,22,25). The van der Waals surface area contributed by atoms with E-state index < -0.39 is 0 Å². The molecule has 0 unspecified atom stereocenters. The van der Waals surface area contributed by atoms with E-state index >= 15 is 0 Å². The Hall–Kier alpha value is -3.42. The van der Waals surface area contributed by atoms with Crippen LogP contribution in [0, 0.1) is 0 Å². The average molecular weight is 365 g/mol. The van der Waals surface area contributed by atoms with Gasteiger partial charge in [0.1, 0.15) is 12.1 Å². The number of hydrogen-bond donors (Lipinski definition) is 2. The molecule has 0 bridgehead atoms. The van der Waals surface area contributed by atoms with E-state index in [2.05, 4.69) is 20.8 Å². The Kier molecular flexibility index (Phi) is 4.69. The molecule has 138 valence electrons. The average Bonchev–Trinajstić information content (AvgIpc) is 3.37. The summed E-state index contributed by atoms with van der Waals surface area (Å²) in [4.78, 5) is 24.0. The van der Waals surface area contributed by atoms with Gasteiger partial charge in [-0.2, -0.15) is 0 Å². The van der Waals surface area contributed by atoms with E-state index in [1.807, 2.05) is 18.2 Å². The second-order valence-corrected chi connectivity index (χ2v) is 6.47. The third-order valence-electron chi connectivity index (χ3n) is 4.22. The first-order chi connectivity index (χ1) is 13.2. The lowest BCUT2D eigenvalue weighted by Gasteiger charge is -2.09. The van der Waals surface area contributed by atoms with Crippen molar-refractivity contribution in [1.82, 2.24) is 25.2 Å². The van der Waals surface area contributed by atoms with Crippen molar-refractivity contribution in [2.45, 2.75) is 25.4 Å². The van der Waals surface area contributed by atoms with Gasteiger partial charge in [0.25, 0.3) is 11.8 Å². The highest BCUT2D eigenvalue weighted by Gasteiger charge is 2.23. The van der Waals surface area contributed by atoms with E-state index in [0.717, 1.165) is 18.4 Å². The summed E-state index contributed by atoms with van der Waals surface area (Å²) in [7, 11) is 0. The number of amides is 2. The summed E-state index contributed by atoms with van der Waals surface area (Å²) < 4.78 is 7.22. The minimum atomic E-state index is -0.194. The third-order valence-corrected chi connectivity index (χ3v) is 4.22. The van der Waals surface area contributed by atoms with Crippen LogP contribution in [-0.2, 0) is 11.3 Å². The molecule has 0 radical (unpaired) electrons. The molecule has 3 aromatic rings. The lowest BCUT2D eigenvalue weighted by molar-refractivity contribution is -0.123. The highest BCUT2D eigenvalue weighted by molar-refractivity contribution is 5.94. The number of rotatable bonds is 7. The molecule has 1 aliphatic carbocycles. The summed E-state index contributed by atoms with van der Waals surface area (Å²) in [6.07, 6.45) is 5.32. The van der Waals surface area contributed by atoms with Crippen molar-refractivity contribution in [3.63, 3.8) is 0 Å². The topological polar surface area (TPSA) is 97.6 Å². The predicted molar refractivity (Wildman–Crippen MR) is 97.3 cm³/mol. The fourth-order valence-electron chi connectivity index (χ4n) is 2.64. The molecule has 0 saturated heterocycles. The lowest BCUT2D eigenvalue weighted by atomic mass is 10.2. The molecule has 0 aliphatic heterocycles. The second kappa shape index (κ2) is 7.45. The van der Waals surface area contributed by atoms with E-state index in [-0.39, 0.29) is 18.4 Å². The van der Waals surface area contributed by atoms with Crippen LogP contribution in [0.15, 0.2) is 48.9 Å². The Morgan fingerprint density at radius 2 is 2.11 bits per heavy atom. The predicted octanol–water partition coefficient (Wildman–Crippen LogP) is 1.32. The van der Waals surface area contributed by atoms with Crippen molar-refractivity contribution in [3.8, 4) is 5.75 Å². The van der Waals surface area contributed by atoms with Crippen molar-refractivity contribution < 1.29 is 14.3 Å². The zero-order chi connectivity index (χ0) is 18.6. The van der Waals surface area contributed by atoms with Crippen LogP contribution >= 0.6 is 0 Å². The normalized spacial score (nSPS) is 13.3. The SMILES string of the molecule is O=C(COc1cccc(CNC(=O)c2ccc3nncn3c2)c1)NC1CC1. The van der Waals surface area contributed by atoms with Gasteiger partial charge >= 0.3 is 0 Å². The first-order valence-corrected chi connectivity index (χ1v) is 8.76. The van der Waals surface area contributed by atoms with Crippen LogP contribution in [0.25, 0.3) is 5.65 Å². The number of ether oxygens (including phenoxy) is 1. The maximum atomic E-state index is 12.3. The molecule has 1 aromatic carbocycles. The summed E-state index contributed by atoms with van der Waals surface area (Å²) in [6, 6.07) is 11.1. The Morgan fingerprint density at radius 3 is 2.96 bits per heavy atom. The van der Waals surface area contributed by atoms with Crippen molar-refractivity contribution in [3.05, 3.63) is 60.0 Å². The van der Waals surface area contributed by atoms with Crippen LogP contribution in [0.4, 0.5) is 0 Å². The van der Waals surface area contributed by atoms with Gasteiger partial charge < -0.3 is 15.4 Å². The van der Waals surface area contributed by atoms with Gasteiger partial charge in [-0.3, -0.25) is 14.0 Å². The monoisotopic (exact) mass is 365 g/mol. The largest absolute Gasteiger partial charge is 0.484 e. The van der Waals surface area contributed by atoms with Crippen LogP contribution in [0.2, 0.25) is 0 Å². The van der Waals surface area contributed by atoms with E-state index in [4.69, 9.17) is 4.74 Å². The fourth-order valence-corrected chi connectivity index (χ4v) is 2.64. The van der Waals surface area contributed by atoms with Crippen LogP contribution < -0.4 is 15.4 Å². The molecule has 8 heteroatoms. The van der Waals surface area contributed by atoms with Crippen LogP contribution in [0.1, 0.15) is 28.8 Å². The first kappa shape index (κ1) is 17.0. The number of carbonyl (C=O) groups excluding carboxylic acids is 2. The zero-order valence-corrected chi connectivity index (χ0v) is 14.6. The minimum absolute atomic E-state index is 0.00866. The molecule has 1 saturated carbocycles. The van der Waals surface area contributed by atoms with Gasteiger partial charge in [-0.25, -0.2) is 0 Å². The molecule has 0 spiro atoms. The van der Waals surface area contributed by atoms with Gasteiger partial charge in [-0.05, 0) is 42.7 Å². The van der Waals surface area contributed by atoms with E-state index in [9.17, 15) is 9.59 Å². The second-order valence-electron chi connectivity index (χ2n) is 6.47. The molecule has 0 atom stereocenters. The Labute approximate surface area is 155 Å². The highest BCUT2D eigenvalue weighted by Crippen LogP contribution is 2.18. The molecule has 2 heterocycles. The highest BCUT2D eigenvalue weighted by atomic mass is 16.5. The number of aromatic nitrogens is 3. The number of hydrogen-bond acceptors (Lipinski definition) is 5. The molecular formula is C19H19N5O3. The first-order valence-electron chi connectivity index (χ1n) is 8.76. The number of nitrogens with one attached hydrogen (secondary N) is 2. The third kappa shape index (κ3) is 4.41. The van der Waals surface area contributed by atoms with Crippen LogP contribution in [0.5, 0.6) is 5.75 Å². The van der Waals surface area contributed by atoms with Gasteiger partial charge in [0.05, 0.1) is 5.56 Å². The lowest BCUT2D eigenvalue weighted by Crippen LogP contribution is -2.30. The van der Waals surface area contributed by atoms with E-state index in [1.54, 1.807) is 35.1 Å². The summed E-state index contributed by atoms with van der Waals surface area (Å²) in [5.41, 5.74) is 2.09. The van der Waals surface area contributed by atoms with Gasteiger partial charge in [0, 0.05) is 18.8 Å². The van der Waals surface area contributed by atoms with Gasteiger partial charge in [0.2, 0.25) is 0 Å². The van der Waals surface area contributed by atoms with Crippen molar-refractivity contribution >= 4 is 17.5 Å². The smallest absolute Gasteiger partial charge is 0.258 e. The summed E-state index contributed by atoms with van der Waals surface area (Å²) in [5.74, 6) is 0.292. The van der Waals surface area contributed by atoms with Crippen molar-refractivity contribution in [2.75, 3.05) is 6.61 Å². The summed E-state index contributed by atoms with van der Waals surface area (Å²) in [5, 5.41) is 13.4. The van der Waals surface area contributed by atoms with Crippen molar-refractivity contribution in [2.24, 2.45) is 0 Å². The number of carbonyl (C=O) groups is 2. The summed E-state index contributed by atoms with van der Waals surface area (Å²) in [6.45, 7) is 0.343. The Balaban J connectivity index is 1.32. The summed E-state index contributed by atoms with van der Waals surface area (Å²) >= 11 is 0. The van der Waals surface area contributed by atoms with Crippen LogP contribution in [-0.4, -0.2) is 39.1 Å². The molecule has 8 nitrogen and oxygen atoms in total. The maximum Gasteiger partial charge on any atom is 0.258 e. The molecule has 27 heavy (non-hydrogen) atoms. The zero-order valence-electron chi connectivity index (χ0n) is 14.6. The maximum absolute atomic E-state index is 12.3. The number of pyridine rings is 1. The molecule has 4 rings (SSSR count).